The third kappa shape index (κ3) is 5.02. The normalized spacial score (nSPS) is 15.7. The Kier molecular flexibility index (Phi) is 6.70. The highest BCUT2D eigenvalue weighted by atomic mass is 19.4. The van der Waals surface area contributed by atoms with Gasteiger partial charge >= 0.3 is 6.18 Å². The molecule has 3 heterocycles. The minimum atomic E-state index is -4.63. The molecule has 1 fully saturated rings. The summed E-state index contributed by atoms with van der Waals surface area (Å²) >= 11 is 0. The number of hydrogen-bond acceptors (Lipinski definition) is 7. The zero-order chi connectivity index (χ0) is 27.9. The first-order valence-electron chi connectivity index (χ1n) is 12.6. The molecule has 0 bridgehead atoms. The number of morpholine rings is 1. The van der Waals surface area contributed by atoms with Gasteiger partial charge in [-0.3, -0.25) is 4.99 Å². The number of alkyl halides is 3. The van der Waals surface area contributed by atoms with Crippen LogP contribution in [0.3, 0.4) is 0 Å². The largest absolute Gasteiger partial charge is 0.417 e. The fraction of sp³-hybridized carbons (Fsp3) is 0.250. The number of halogens is 5. The van der Waals surface area contributed by atoms with E-state index in [0.717, 1.165) is 23.9 Å². The Balaban J connectivity index is 1.53. The minimum Gasteiger partial charge on any atom is -0.380 e. The van der Waals surface area contributed by atoms with Crippen molar-refractivity contribution in [3.63, 3.8) is 0 Å². The summed E-state index contributed by atoms with van der Waals surface area (Å²) in [5, 5.41) is 6.50. The Hall–Kier alpha value is -4.32. The lowest BCUT2D eigenvalue weighted by Crippen LogP contribution is -2.36. The Morgan fingerprint density at radius 1 is 0.925 bits per heavy atom. The minimum absolute atomic E-state index is 0.0696. The van der Waals surface area contributed by atoms with E-state index in [4.69, 9.17) is 4.74 Å². The van der Waals surface area contributed by atoms with Crippen molar-refractivity contribution in [2.45, 2.75) is 6.18 Å². The van der Waals surface area contributed by atoms with Crippen LogP contribution in [0.2, 0.25) is 0 Å². The molecule has 40 heavy (non-hydrogen) atoms. The van der Waals surface area contributed by atoms with Crippen LogP contribution in [0, 0.1) is 11.6 Å². The summed E-state index contributed by atoms with van der Waals surface area (Å²) in [7, 11) is 0. The molecule has 2 aliphatic heterocycles. The van der Waals surface area contributed by atoms with Crippen molar-refractivity contribution < 1.29 is 26.7 Å². The zero-order valence-corrected chi connectivity index (χ0v) is 21.0. The quantitative estimate of drug-likeness (QED) is 0.316. The molecule has 0 saturated carbocycles. The maximum Gasteiger partial charge on any atom is 0.417 e. The number of benzene rings is 3. The molecular formula is C28H23F5N6O. The molecule has 0 amide bonds. The van der Waals surface area contributed by atoms with Crippen LogP contribution in [-0.4, -0.2) is 55.2 Å². The Labute approximate surface area is 225 Å². The smallest absolute Gasteiger partial charge is 0.380 e. The number of aliphatic imine (C=N–C) groups is 1. The predicted octanol–water partition coefficient (Wildman–Crippen LogP) is 5.71. The van der Waals surface area contributed by atoms with E-state index < -0.39 is 23.4 Å². The summed E-state index contributed by atoms with van der Waals surface area (Å²) in [6.45, 7) is 2.99. The molecular weight excluding hydrogens is 531 g/mol. The third-order valence-electron chi connectivity index (χ3n) is 6.76. The molecule has 0 aliphatic carbocycles. The number of hydrogen-bond donors (Lipinski definition) is 2. The Morgan fingerprint density at radius 3 is 2.52 bits per heavy atom. The number of fused-ring (bicyclic) bond motifs is 2. The van der Waals surface area contributed by atoms with Gasteiger partial charge in [0.1, 0.15) is 23.3 Å². The fourth-order valence-corrected chi connectivity index (χ4v) is 4.87. The summed E-state index contributed by atoms with van der Waals surface area (Å²) in [5.41, 5.74) is 0.380. The van der Waals surface area contributed by atoms with E-state index in [1.165, 1.54) is 18.2 Å². The summed E-state index contributed by atoms with van der Waals surface area (Å²) in [6, 6.07) is 12.4. The van der Waals surface area contributed by atoms with Gasteiger partial charge in [0.2, 0.25) is 0 Å². The van der Waals surface area contributed by atoms with Crippen LogP contribution in [-0.2, 0) is 10.9 Å². The molecule has 12 heteroatoms. The number of ether oxygens (including phenoxy) is 1. The monoisotopic (exact) mass is 554 g/mol. The zero-order valence-electron chi connectivity index (χ0n) is 21.0. The Bertz CT molecular complexity index is 1620. The van der Waals surface area contributed by atoms with E-state index in [2.05, 4.69) is 30.5 Å². The van der Waals surface area contributed by atoms with Gasteiger partial charge in [-0.15, -0.1) is 0 Å². The maximum atomic E-state index is 14.6. The van der Waals surface area contributed by atoms with Crippen LogP contribution in [0.25, 0.3) is 22.3 Å². The highest BCUT2D eigenvalue weighted by molar-refractivity contribution is 6.14. The van der Waals surface area contributed by atoms with Crippen molar-refractivity contribution in [3.05, 3.63) is 77.4 Å². The van der Waals surface area contributed by atoms with Crippen LogP contribution >= 0.6 is 0 Å². The highest BCUT2D eigenvalue weighted by Crippen LogP contribution is 2.38. The maximum absolute atomic E-state index is 14.6. The SMILES string of the molecule is Fc1cc(F)c2c(c1)C(Nc1nc(-c3ccccc3C(F)(F)F)nc3ccc(N4CCOCC4)cc13)=NCCN2. The summed E-state index contributed by atoms with van der Waals surface area (Å²) in [4.78, 5) is 15.6. The van der Waals surface area contributed by atoms with Gasteiger partial charge < -0.3 is 20.3 Å². The third-order valence-corrected chi connectivity index (χ3v) is 6.76. The van der Waals surface area contributed by atoms with E-state index in [-0.39, 0.29) is 40.8 Å². The topological polar surface area (TPSA) is 74.7 Å². The molecule has 2 N–H and O–H groups in total. The average molecular weight is 555 g/mol. The van der Waals surface area contributed by atoms with Crippen LogP contribution in [0.4, 0.5) is 39.1 Å². The second-order valence-corrected chi connectivity index (χ2v) is 9.33. The van der Waals surface area contributed by atoms with E-state index in [9.17, 15) is 22.0 Å². The molecule has 0 atom stereocenters. The number of nitrogens with zero attached hydrogens (tertiary/aromatic N) is 4. The summed E-state index contributed by atoms with van der Waals surface area (Å²) in [5.74, 6) is -1.45. The number of benzodiazepines with no additional fused rings is 1. The number of amidine groups is 1. The summed E-state index contributed by atoms with van der Waals surface area (Å²) < 4.78 is 76.0. The molecule has 0 spiro atoms. The molecule has 3 aromatic carbocycles. The van der Waals surface area contributed by atoms with Gasteiger partial charge in [0.15, 0.2) is 5.82 Å². The van der Waals surface area contributed by atoms with Crippen LogP contribution in [0.1, 0.15) is 11.1 Å². The number of aromatic nitrogens is 2. The predicted molar refractivity (Wildman–Crippen MR) is 143 cm³/mol. The number of nitrogens with one attached hydrogen (secondary N) is 2. The van der Waals surface area contributed by atoms with Gasteiger partial charge in [0.25, 0.3) is 0 Å². The second kappa shape index (κ2) is 10.3. The first-order valence-corrected chi connectivity index (χ1v) is 12.6. The Morgan fingerprint density at radius 2 is 1.73 bits per heavy atom. The lowest BCUT2D eigenvalue weighted by molar-refractivity contribution is -0.137. The molecule has 2 aliphatic rings. The number of rotatable bonds is 3. The fourth-order valence-electron chi connectivity index (χ4n) is 4.87. The van der Waals surface area contributed by atoms with E-state index >= 15 is 0 Å². The van der Waals surface area contributed by atoms with E-state index in [1.807, 2.05) is 12.1 Å². The first kappa shape index (κ1) is 25.9. The second-order valence-electron chi connectivity index (χ2n) is 9.33. The molecule has 4 aromatic rings. The van der Waals surface area contributed by atoms with Crippen molar-refractivity contribution in [2.75, 3.05) is 54.9 Å². The van der Waals surface area contributed by atoms with Crippen LogP contribution in [0.5, 0.6) is 0 Å². The summed E-state index contributed by atoms with van der Waals surface area (Å²) in [6.07, 6.45) is -4.63. The van der Waals surface area contributed by atoms with Crippen molar-refractivity contribution in [1.82, 2.24) is 9.97 Å². The van der Waals surface area contributed by atoms with E-state index in [0.29, 0.717) is 43.8 Å². The lowest BCUT2D eigenvalue weighted by atomic mass is 10.1. The molecule has 0 unspecified atom stereocenters. The first-order chi connectivity index (χ1) is 19.3. The van der Waals surface area contributed by atoms with Crippen molar-refractivity contribution in [1.29, 1.82) is 0 Å². The van der Waals surface area contributed by atoms with Crippen molar-refractivity contribution in [2.24, 2.45) is 4.99 Å². The van der Waals surface area contributed by atoms with Crippen molar-refractivity contribution >= 4 is 33.9 Å². The van der Waals surface area contributed by atoms with Crippen LogP contribution in [0.15, 0.2) is 59.6 Å². The highest BCUT2D eigenvalue weighted by Gasteiger charge is 2.34. The molecule has 7 nitrogen and oxygen atoms in total. The van der Waals surface area contributed by atoms with Gasteiger partial charge in [-0.05, 0) is 30.3 Å². The van der Waals surface area contributed by atoms with Gasteiger partial charge in [0, 0.05) is 47.9 Å². The molecule has 1 aromatic heterocycles. The lowest BCUT2D eigenvalue weighted by Gasteiger charge is -2.29. The van der Waals surface area contributed by atoms with Crippen molar-refractivity contribution in [3.8, 4) is 11.4 Å². The molecule has 0 radical (unpaired) electrons. The average Bonchev–Trinajstić information content (AvgIpc) is 3.15. The molecule has 1 saturated heterocycles. The van der Waals surface area contributed by atoms with Gasteiger partial charge in [-0.2, -0.15) is 13.2 Å². The molecule has 6 rings (SSSR count). The van der Waals surface area contributed by atoms with Gasteiger partial charge in [0.05, 0.1) is 36.5 Å². The number of anilines is 3. The van der Waals surface area contributed by atoms with Crippen LogP contribution < -0.4 is 15.5 Å². The van der Waals surface area contributed by atoms with Gasteiger partial charge in [-0.25, -0.2) is 18.7 Å². The molecule has 206 valence electrons. The van der Waals surface area contributed by atoms with Gasteiger partial charge in [-0.1, -0.05) is 18.2 Å². The standard InChI is InChI=1S/C28H23F5N6O/c29-16-13-20-24(22(30)14-16)34-7-8-35-25(20)37-27-19-15-17(39-9-11-40-12-10-39)5-6-23(19)36-26(38-27)18-3-1-2-4-21(18)28(31,32)33/h1-6,13-15,34H,7-12H2,(H,35,36,37,38). The van der Waals surface area contributed by atoms with E-state index in [1.54, 1.807) is 6.07 Å².